The summed E-state index contributed by atoms with van der Waals surface area (Å²) in [5.74, 6) is 0.131. The summed E-state index contributed by atoms with van der Waals surface area (Å²) >= 11 is 0. The molecule has 3 heteroatoms. The SMILES string of the molecule is C=CCOc1ccc(C2CCC(C3CCC(C)(CC)CC3)CC2)c(F)c1F. The number of halogens is 2. The number of hydrogen-bond acceptors (Lipinski definition) is 1. The van der Waals surface area contributed by atoms with Crippen LogP contribution in [0, 0.1) is 28.9 Å². The molecule has 2 aliphatic carbocycles. The first kappa shape index (κ1) is 20.4. The maximum atomic E-state index is 14.6. The zero-order chi connectivity index (χ0) is 19.4. The minimum Gasteiger partial charge on any atom is -0.486 e. The van der Waals surface area contributed by atoms with E-state index in [1.54, 1.807) is 12.1 Å². The first-order valence-electron chi connectivity index (χ1n) is 10.7. The quantitative estimate of drug-likeness (QED) is 0.470. The molecule has 1 nitrogen and oxygen atoms in total. The molecule has 0 atom stereocenters. The fraction of sp³-hybridized carbons (Fsp3) is 0.667. The van der Waals surface area contributed by atoms with Gasteiger partial charge in [0.25, 0.3) is 0 Å². The van der Waals surface area contributed by atoms with E-state index in [1.165, 1.54) is 38.2 Å². The van der Waals surface area contributed by atoms with Crippen molar-refractivity contribution < 1.29 is 13.5 Å². The summed E-state index contributed by atoms with van der Waals surface area (Å²) in [7, 11) is 0. The molecular weight excluding hydrogens is 342 g/mol. The van der Waals surface area contributed by atoms with Crippen molar-refractivity contribution in [3.63, 3.8) is 0 Å². The summed E-state index contributed by atoms with van der Waals surface area (Å²) in [6.45, 7) is 8.46. The van der Waals surface area contributed by atoms with Crippen LogP contribution < -0.4 is 4.74 Å². The van der Waals surface area contributed by atoms with Gasteiger partial charge < -0.3 is 4.74 Å². The van der Waals surface area contributed by atoms with Crippen LogP contribution in [0.1, 0.15) is 83.1 Å². The lowest BCUT2D eigenvalue weighted by molar-refractivity contribution is 0.108. The molecule has 0 radical (unpaired) electrons. The van der Waals surface area contributed by atoms with Gasteiger partial charge in [0.05, 0.1) is 0 Å². The maximum Gasteiger partial charge on any atom is 0.200 e. The molecule has 27 heavy (non-hydrogen) atoms. The van der Waals surface area contributed by atoms with Crippen molar-refractivity contribution in [1.82, 2.24) is 0 Å². The number of hydrogen-bond donors (Lipinski definition) is 0. The fourth-order valence-electron chi connectivity index (χ4n) is 5.19. The lowest BCUT2D eigenvalue weighted by atomic mass is 9.64. The Hall–Kier alpha value is -1.38. The van der Waals surface area contributed by atoms with Crippen LogP contribution in [0.15, 0.2) is 24.8 Å². The van der Waals surface area contributed by atoms with Gasteiger partial charge in [-0.05, 0) is 86.2 Å². The lowest BCUT2D eigenvalue weighted by Crippen LogP contribution is -2.29. The van der Waals surface area contributed by atoms with E-state index in [2.05, 4.69) is 20.4 Å². The Bertz CT molecular complexity index is 638. The molecule has 0 amide bonds. The van der Waals surface area contributed by atoms with Crippen molar-refractivity contribution in [3.05, 3.63) is 42.0 Å². The summed E-state index contributed by atoms with van der Waals surface area (Å²) in [5, 5.41) is 0. The highest BCUT2D eigenvalue weighted by Crippen LogP contribution is 2.48. The zero-order valence-electron chi connectivity index (χ0n) is 16.9. The van der Waals surface area contributed by atoms with Gasteiger partial charge in [-0.2, -0.15) is 4.39 Å². The van der Waals surface area contributed by atoms with Crippen LogP contribution in [0.4, 0.5) is 8.78 Å². The maximum absolute atomic E-state index is 14.6. The Balaban J connectivity index is 1.58. The van der Waals surface area contributed by atoms with Gasteiger partial charge in [-0.1, -0.05) is 39.0 Å². The summed E-state index contributed by atoms with van der Waals surface area (Å²) in [5.41, 5.74) is 1.07. The Morgan fingerprint density at radius 1 is 1.04 bits per heavy atom. The van der Waals surface area contributed by atoms with Crippen LogP contribution in [0.25, 0.3) is 0 Å². The molecule has 0 aromatic heterocycles. The summed E-state index contributed by atoms with van der Waals surface area (Å²) in [6.07, 6.45) is 12.4. The van der Waals surface area contributed by atoms with Crippen molar-refractivity contribution in [1.29, 1.82) is 0 Å². The van der Waals surface area contributed by atoms with Crippen molar-refractivity contribution >= 4 is 0 Å². The average molecular weight is 377 g/mol. The van der Waals surface area contributed by atoms with Crippen LogP contribution >= 0.6 is 0 Å². The third kappa shape index (κ3) is 4.55. The van der Waals surface area contributed by atoms with Gasteiger partial charge in [-0.3, -0.25) is 0 Å². The Morgan fingerprint density at radius 2 is 1.67 bits per heavy atom. The van der Waals surface area contributed by atoms with Crippen LogP contribution in [0.3, 0.4) is 0 Å². The smallest absolute Gasteiger partial charge is 0.200 e. The molecule has 0 unspecified atom stereocenters. The Kier molecular flexibility index (Phi) is 6.60. The summed E-state index contributed by atoms with van der Waals surface area (Å²) in [6, 6.07) is 3.28. The topological polar surface area (TPSA) is 9.23 Å². The predicted molar refractivity (Wildman–Crippen MR) is 107 cm³/mol. The highest BCUT2D eigenvalue weighted by molar-refractivity contribution is 5.33. The molecule has 1 aromatic carbocycles. The van der Waals surface area contributed by atoms with E-state index < -0.39 is 11.6 Å². The standard InChI is InChI=1S/C24H34F2O/c1-4-16-27-21-11-10-20(22(25)23(21)26)19-8-6-17(7-9-19)18-12-14-24(3,5-2)15-13-18/h4,10-11,17-19H,1,5-9,12-16H2,2-3H3. The van der Waals surface area contributed by atoms with Crippen molar-refractivity contribution in [3.8, 4) is 5.75 Å². The number of benzene rings is 1. The Labute approximate surface area is 163 Å². The third-order valence-electron chi connectivity index (χ3n) is 7.40. The van der Waals surface area contributed by atoms with E-state index >= 15 is 0 Å². The molecule has 0 N–H and O–H groups in total. The molecule has 0 saturated heterocycles. The van der Waals surface area contributed by atoms with E-state index in [0.29, 0.717) is 11.0 Å². The Morgan fingerprint density at radius 3 is 2.26 bits per heavy atom. The van der Waals surface area contributed by atoms with Gasteiger partial charge in [0.1, 0.15) is 6.61 Å². The third-order valence-corrected chi connectivity index (χ3v) is 7.40. The van der Waals surface area contributed by atoms with Crippen LogP contribution in [0.2, 0.25) is 0 Å². The van der Waals surface area contributed by atoms with E-state index in [-0.39, 0.29) is 18.3 Å². The van der Waals surface area contributed by atoms with Crippen molar-refractivity contribution in [2.45, 2.75) is 77.6 Å². The minimum atomic E-state index is -0.859. The number of ether oxygens (including phenoxy) is 1. The van der Waals surface area contributed by atoms with Crippen molar-refractivity contribution in [2.24, 2.45) is 17.3 Å². The van der Waals surface area contributed by atoms with Crippen LogP contribution in [-0.4, -0.2) is 6.61 Å². The molecule has 2 aliphatic rings. The second-order valence-corrected chi connectivity index (χ2v) is 8.99. The normalized spacial score (nSPS) is 31.5. The van der Waals surface area contributed by atoms with Gasteiger partial charge in [0.15, 0.2) is 11.6 Å². The largest absolute Gasteiger partial charge is 0.486 e. The van der Waals surface area contributed by atoms with Crippen molar-refractivity contribution in [2.75, 3.05) is 6.61 Å². The second-order valence-electron chi connectivity index (χ2n) is 8.99. The average Bonchev–Trinajstić information content (AvgIpc) is 2.70. The first-order valence-corrected chi connectivity index (χ1v) is 10.7. The van der Waals surface area contributed by atoms with Gasteiger partial charge in [0.2, 0.25) is 5.82 Å². The minimum absolute atomic E-state index is 0.0222. The fourth-order valence-corrected chi connectivity index (χ4v) is 5.19. The molecule has 2 saturated carbocycles. The molecule has 2 fully saturated rings. The van der Waals surface area contributed by atoms with Crippen LogP contribution in [-0.2, 0) is 0 Å². The van der Waals surface area contributed by atoms with Gasteiger partial charge in [-0.15, -0.1) is 0 Å². The predicted octanol–water partition coefficient (Wildman–Crippen LogP) is 7.41. The molecular formula is C24H34F2O. The van der Waals surface area contributed by atoms with Gasteiger partial charge >= 0.3 is 0 Å². The van der Waals surface area contributed by atoms with E-state index in [0.717, 1.165) is 37.5 Å². The van der Waals surface area contributed by atoms with Gasteiger partial charge in [-0.25, -0.2) is 4.39 Å². The molecule has 150 valence electrons. The van der Waals surface area contributed by atoms with Gasteiger partial charge in [0, 0.05) is 0 Å². The van der Waals surface area contributed by atoms with E-state index in [4.69, 9.17) is 4.74 Å². The lowest BCUT2D eigenvalue weighted by Gasteiger charge is -2.42. The first-order chi connectivity index (χ1) is 13.0. The molecule has 0 spiro atoms. The zero-order valence-corrected chi connectivity index (χ0v) is 16.9. The summed E-state index contributed by atoms with van der Waals surface area (Å²) in [4.78, 5) is 0. The molecule has 0 aliphatic heterocycles. The molecule has 0 heterocycles. The monoisotopic (exact) mass is 376 g/mol. The number of rotatable bonds is 6. The van der Waals surface area contributed by atoms with Crippen LogP contribution in [0.5, 0.6) is 5.75 Å². The molecule has 1 aromatic rings. The molecule has 0 bridgehead atoms. The van der Waals surface area contributed by atoms with E-state index in [1.807, 2.05) is 0 Å². The molecule has 3 rings (SSSR count). The summed E-state index contributed by atoms with van der Waals surface area (Å²) < 4.78 is 34.0. The highest BCUT2D eigenvalue weighted by Gasteiger charge is 2.35. The van der Waals surface area contributed by atoms with E-state index in [9.17, 15) is 8.78 Å². The highest BCUT2D eigenvalue weighted by atomic mass is 19.2. The second kappa shape index (κ2) is 8.75.